The van der Waals surface area contributed by atoms with Crippen LogP contribution in [0.4, 0.5) is 0 Å². The van der Waals surface area contributed by atoms with Crippen molar-refractivity contribution in [2.24, 2.45) is 0 Å². The molecule has 2 aromatic carbocycles. The third-order valence-electron chi connectivity index (χ3n) is 5.10. The number of thioether (sulfide) groups is 1. The third kappa shape index (κ3) is 3.78. The first-order chi connectivity index (χ1) is 15.7. The SMILES string of the molecule is CCCCn1c(=O)c2ccccc2n2c(SCc3noc(-c4ccc(Cl)cc4)n3)nnc12. The molecule has 0 N–H and O–H groups in total. The Morgan fingerprint density at radius 3 is 2.72 bits per heavy atom. The summed E-state index contributed by atoms with van der Waals surface area (Å²) >= 11 is 7.38. The molecule has 0 radical (unpaired) electrons. The maximum Gasteiger partial charge on any atom is 0.262 e. The molecule has 0 fully saturated rings. The Bertz CT molecular complexity index is 1460. The molecular formula is C22H19ClN6O2S. The highest BCUT2D eigenvalue weighted by molar-refractivity contribution is 7.98. The molecule has 3 aromatic heterocycles. The van der Waals surface area contributed by atoms with Gasteiger partial charge in [-0.2, -0.15) is 4.98 Å². The summed E-state index contributed by atoms with van der Waals surface area (Å²) in [6, 6.07) is 14.8. The largest absolute Gasteiger partial charge is 0.334 e. The highest BCUT2D eigenvalue weighted by Crippen LogP contribution is 2.26. The number of unbranched alkanes of at least 4 members (excludes halogenated alkanes) is 1. The van der Waals surface area contributed by atoms with Crippen molar-refractivity contribution in [3.05, 3.63) is 69.7 Å². The molecule has 5 rings (SSSR count). The number of halogens is 1. The second-order valence-corrected chi connectivity index (χ2v) is 8.64. The van der Waals surface area contributed by atoms with Gasteiger partial charge in [0, 0.05) is 17.1 Å². The van der Waals surface area contributed by atoms with Gasteiger partial charge in [-0.15, -0.1) is 10.2 Å². The monoisotopic (exact) mass is 466 g/mol. The zero-order valence-electron chi connectivity index (χ0n) is 17.2. The van der Waals surface area contributed by atoms with E-state index in [0.717, 1.165) is 23.9 Å². The van der Waals surface area contributed by atoms with E-state index in [1.807, 2.05) is 40.8 Å². The van der Waals surface area contributed by atoms with Crippen LogP contribution < -0.4 is 5.56 Å². The van der Waals surface area contributed by atoms with Gasteiger partial charge >= 0.3 is 0 Å². The van der Waals surface area contributed by atoms with Gasteiger partial charge in [0.15, 0.2) is 11.0 Å². The number of benzene rings is 2. The molecule has 0 bridgehead atoms. The number of hydrogen-bond acceptors (Lipinski definition) is 7. The van der Waals surface area contributed by atoms with Crippen molar-refractivity contribution >= 4 is 40.0 Å². The molecule has 0 aliphatic carbocycles. The lowest BCUT2D eigenvalue weighted by Crippen LogP contribution is -2.23. The molecular weight excluding hydrogens is 448 g/mol. The van der Waals surface area contributed by atoms with Gasteiger partial charge in [0.2, 0.25) is 5.78 Å². The first-order valence-corrected chi connectivity index (χ1v) is 11.6. The number of aryl methyl sites for hydroxylation is 1. The molecule has 8 nitrogen and oxygen atoms in total. The molecule has 0 amide bonds. The lowest BCUT2D eigenvalue weighted by Gasteiger charge is -2.10. The molecule has 0 aliphatic heterocycles. The second kappa shape index (κ2) is 8.76. The smallest absolute Gasteiger partial charge is 0.262 e. The molecule has 162 valence electrons. The van der Waals surface area contributed by atoms with Gasteiger partial charge in [0.25, 0.3) is 11.4 Å². The maximum atomic E-state index is 13.0. The molecule has 0 aliphatic rings. The number of hydrogen-bond donors (Lipinski definition) is 0. The van der Waals surface area contributed by atoms with Crippen molar-refractivity contribution in [1.29, 1.82) is 0 Å². The van der Waals surface area contributed by atoms with Crippen LogP contribution in [-0.2, 0) is 12.3 Å². The molecule has 0 unspecified atom stereocenters. The summed E-state index contributed by atoms with van der Waals surface area (Å²) in [4.78, 5) is 17.5. The summed E-state index contributed by atoms with van der Waals surface area (Å²) in [7, 11) is 0. The number of para-hydroxylation sites is 1. The van der Waals surface area contributed by atoms with Gasteiger partial charge < -0.3 is 4.52 Å². The summed E-state index contributed by atoms with van der Waals surface area (Å²) in [5.74, 6) is 1.96. The number of aromatic nitrogens is 6. The van der Waals surface area contributed by atoms with E-state index in [-0.39, 0.29) is 5.56 Å². The lowest BCUT2D eigenvalue weighted by molar-refractivity contribution is 0.425. The Kier molecular flexibility index (Phi) is 5.67. The van der Waals surface area contributed by atoms with Gasteiger partial charge in [0.1, 0.15) is 0 Å². The zero-order valence-corrected chi connectivity index (χ0v) is 18.8. The van der Waals surface area contributed by atoms with E-state index >= 15 is 0 Å². The summed E-state index contributed by atoms with van der Waals surface area (Å²) in [6.45, 7) is 2.69. The number of fused-ring (bicyclic) bond motifs is 3. The molecule has 0 atom stereocenters. The fourth-order valence-electron chi connectivity index (χ4n) is 3.50. The summed E-state index contributed by atoms with van der Waals surface area (Å²) in [6.07, 6.45) is 1.87. The van der Waals surface area contributed by atoms with Crippen LogP contribution in [0.2, 0.25) is 5.02 Å². The molecule has 0 saturated heterocycles. The predicted octanol–water partition coefficient (Wildman–Crippen LogP) is 4.84. The van der Waals surface area contributed by atoms with Crippen LogP contribution in [0, 0.1) is 0 Å². The Hall–Kier alpha value is -3.17. The minimum absolute atomic E-state index is 0.0451. The van der Waals surface area contributed by atoms with E-state index in [1.165, 1.54) is 11.8 Å². The molecule has 3 heterocycles. The van der Waals surface area contributed by atoms with Crippen molar-refractivity contribution < 1.29 is 4.52 Å². The van der Waals surface area contributed by atoms with Gasteiger partial charge in [-0.05, 0) is 42.8 Å². The lowest BCUT2D eigenvalue weighted by atomic mass is 10.2. The average Bonchev–Trinajstić information content (AvgIpc) is 3.46. The Morgan fingerprint density at radius 1 is 1.09 bits per heavy atom. The molecule has 0 saturated carbocycles. The Labute approximate surface area is 192 Å². The minimum Gasteiger partial charge on any atom is -0.334 e. The highest BCUT2D eigenvalue weighted by Gasteiger charge is 2.17. The van der Waals surface area contributed by atoms with Crippen LogP contribution in [0.15, 0.2) is 63.0 Å². The average molecular weight is 467 g/mol. The van der Waals surface area contributed by atoms with E-state index in [0.29, 0.717) is 45.4 Å². The van der Waals surface area contributed by atoms with Crippen molar-refractivity contribution in [2.75, 3.05) is 0 Å². The molecule has 0 spiro atoms. The van der Waals surface area contributed by atoms with Gasteiger partial charge in [-0.25, -0.2) is 0 Å². The first-order valence-electron chi connectivity index (χ1n) is 10.2. The van der Waals surface area contributed by atoms with Crippen LogP contribution >= 0.6 is 23.4 Å². The number of rotatable bonds is 7. The van der Waals surface area contributed by atoms with E-state index in [9.17, 15) is 4.79 Å². The molecule has 32 heavy (non-hydrogen) atoms. The summed E-state index contributed by atoms with van der Waals surface area (Å²) < 4.78 is 9.02. The molecule has 5 aromatic rings. The van der Waals surface area contributed by atoms with Gasteiger partial charge in [-0.3, -0.25) is 13.8 Å². The van der Waals surface area contributed by atoms with E-state index in [4.69, 9.17) is 16.1 Å². The fourth-order valence-corrected chi connectivity index (χ4v) is 4.41. The van der Waals surface area contributed by atoms with Gasteiger partial charge in [0.05, 0.1) is 16.7 Å². The topological polar surface area (TPSA) is 91.1 Å². The van der Waals surface area contributed by atoms with Crippen molar-refractivity contribution in [3.8, 4) is 11.5 Å². The Balaban J connectivity index is 1.48. The predicted molar refractivity (Wildman–Crippen MR) is 124 cm³/mol. The van der Waals surface area contributed by atoms with Crippen LogP contribution in [0.25, 0.3) is 28.1 Å². The van der Waals surface area contributed by atoms with E-state index in [2.05, 4.69) is 27.3 Å². The normalized spacial score (nSPS) is 11.6. The van der Waals surface area contributed by atoms with E-state index < -0.39 is 0 Å². The quantitative estimate of drug-likeness (QED) is 0.317. The van der Waals surface area contributed by atoms with Crippen molar-refractivity contribution in [3.63, 3.8) is 0 Å². The van der Waals surface area contributed by atoms with Crippen molar-refractivity contribution in [2.45, 2.75) is 37.2 Å². The summed E-state index contributed by atoms with van der Waals surface area (Å²) in [5, 5.41) is 14.7. The first kappa shape index (κ1) is 20.7. The van der Waals surface area contributed by atoms with Crippen molar-refractivity contribution in [1.82, 2.24) is 29.3 Å². The zero-order chi connectivity index (χ0) is 22.1. The third-order valence-corrected chi connectivity index (χ3v) is 6.28. The summed E-state index contributed by atoms with van der Waals surface area (Å²) in [5.41, 5.74) is 1.54. The van der Waals surface area contributed by atoms with E-state index in [1.54, 1.807) is 16.7 Å². The maximum absolute atomic E-state index is 13.0. The van der Waals surface area contributed by atoms with Crippen LogP contribution in [0.5, 0.6) is 0 Å². The second-order valence-electron chi connectivity index (χ2n) is 7.26. The Morgan fingerprint density at radius 2 is 1.91 bits per heavy atom. The fraction of sp³-hybridized carbons (Fsp3) is 0.227. The van der Waals surface area contributed by atoms with Gasteiger partial charge in [-0.1, -0.05) is 54.0 Å². The van der Waals surface area contributed by atoms with Crippen LogP contribution in [0.3, 0.4) is 0 Å². The molecule has 10 heteroatoms. The highest BCUT2D eigenvalue weighted by atomic mass is 35.5. The minimum atomic E-state index is -0.0451. The van der Waals surface area contributed by atoms with Crippen LogP contribution in [0.1, 0.15) is 25.6 Å². The standard InChI is InChI=1S/C22H19ClN6O2S/c1-2-3-12-28-20(30)16-6-4-5-7-17(16)29-21(28)25-26-22(29)32-13-18-24-19(31-27-18)14-8-10-15(23)11-9-14/h4-11H,2-3,12-13H2,1H3. The van der Waals surface area contributed by atoms with Crippen LogP contribution in [-0.4, -0.2) is 29.3 Å². The number of nitrogens with zero attached hydrogens (tertiary/aromatic N) is 6.